The van der Waals surface area contributed by atoms with Crippen molar-refractivity contribution in [3.05, 3.63) is 29.0 Å². The van der Waals surface area contributed by atoms with Crippen LogP contribution in [0, 0.1) is 5.82 Å². The third kappa shape index (κ3) is 4.03. The van der Waals surface area contributed by atoms with Crippen LogP contribution in [-0.4, -0.2) is 23.9 Å². The normalized spacial score (nSPS) is 20.1. The molecule has 2 N–H and O–H groups in total. The largest absolute Gasteiger partial charge is 0.376 e. The number of rotatable bonds is 3. The van der Waals surface area contributed by atoms with Crippen LogP contribution in [-0.2, 0) is 4.74 Å². The molecule has 1 aromatic carbocycles. The molecule has 0 amide bonds. The Bertz CT molecular complexity index is 466. The highest BCUT2D eigenvalue weighted by Gasteiger charge is 2.22. The van der Waals surface area contributed by atoms with Gasteiger partial charge in [-0.15, -0.1) is 0 Å². The number of nitrogens with one attached hydrogen (secondary N) is 2. The Morgan fingerprint density at radius 3 is 3.00 bits per heavy atom. The minimum absolute atomic E-state index is 0.0694. The van der Waals surface area contributed by atoms with E-state index in [-0.39, 0.29) is 17.2 Å². The predicted molar refractivity (Wildman–Crippen MR) is 79.2 cm³/mol. The minimum atomic E-state index is -0.446. The van der Waals surface area contributed by atoms with Gasteiger partial charge in [0.15, 0.2) is 5.11 Å². The molecular weight excluding hydrogens is 287 g/mol. The van der Waals surface area contributed by atoms with Gasteiger partial charge in [-0.05, 0) is 50.2 Å². The van der Waals surface area contributed by atoms with Crippen molar-refractivity contribution < 1.29 is 9.13 Å². The van der Waals surface area contributed by atoms with Crippen LogP contribution >= 0.6 is 23.8 Å². The van der Waals surface area contributed by atoms with E-state index in [1.54, 1.807) is 6.07 Å². The van der Waals surface area contributed by atoms with Crippen molar-refractivity contribution in [3.63, 3.8) is 0 Å². The van der Waals surface area contributed by atoms with E-state index >= 15 is 0 Å². The molecule has 0 unspecified atom stereocenters. The molecule has 104 valence electrons. The van der Waals surface area contributed by atoms with Crippen LogP contribution in [0.3, 0.4) is 0 Å². The van der Waals surface area contributed by atoms with Gasteiger partial charge in [0, 0.05) is 12.3 Å². The van der Waals surface area contributed by atoms with Gasteiger partial charge in [0.05, 0.1) is 17.2 Å². The van der Waals surface area contributed by atoms with E-state index in [4.69, 9.17) is 28.6 Å². The van der Waals surface area contributed by atoms with Gasteiger partial charge in [-0.2, -0.15) is 0 Å². The fourth-order valence-electron chi connectivity index (χ4n) is 2.04. The molecule has 0 spiro atoms. The Hall–Kier alpha value is -0.910. The Morgan fingerprint density at radius 2 is 2.37 bits per heavy atom. The van der Waals surface area contributed by atoms with E-state index in [1.165, 1.54) is 12.1 Å². The van der Waals surface area contributed by atoms with Gasteiger partial charge in [-0.3, -0.25) is 0 Å². The number of hydrogen-bond acceptors (Lipinski definition) is 2. The Balaban J connectivity index is 1.88. The highest BCUT2D eigenvalue weighted by Crippen LogP contribution is 2.19. The molecule has 3 nitrogen and oxygen atoms in total. The average molecular weight is 303 g/mol. The number of hydrogen-bond donors (Lipinski definition) is 2. The fraction of sp³-hybridized carbons (Fsp3) is 0.462. The monoisotopic (exact) mass is 302 g/mol. The van der Waals surface area contributed by atoms with Crippen molar-refractivity contribution in [1.82, 2.24) is 5.32 Å². The summed E-state index contributed by atoms with van der Waals surface area (Å²) in [5.41, 5.74) is 0.656. The van der Waals surface area contributed by atoms with Crippen LogP contribution in [0.2, 0.25) is 5.02 Å². The molecule has 2 rings (SSSR count). The van der Waals surface area contributed by atoms with Crippen LogP contribution in [0.5, 0.6) is 0 Å². The second kappa shape index (κ2) is 6.50. The SMILES string of the molecule is C[C@H](NC(=S)Nc1ccc(F)c(Cl)c1)[C@H]1CCCO1. The predicted octanol–water partition coefficient (Wildman–Crippen LogP) is 3.33. The summed E-state index contributed by atoms with van der Waals surface area (Å²) in [4.78, 5) is 0. The summed E-state index contributed by atoms with van der Waals surface area (Å²) in [6.45, 7) is 2.84. The van der Waals surface area contributed by atoms with Crippen LogP contribution in [0.1, 0.15) is 19.8 Å². The summed E-state index contributed by atoms with van der Waals surface area (Å²) in [5.74, 6) is -0.446. The maximum atomic E-state index is 13.0. The maximum Gasteiger partial charge on any atom is 0.171 e. The molecule has 1 aliphatic rings. The van der Waals surface area contributed by atoms with Gasteiger partial charge in [-0.25, -0.2) is 4.39 Å². The zero-order valence-electron chi connectivity index (χ0n) is 10.6. The van der Waals surface area contributed by atoms with Gasteiger partial charge in [0.2, 0.25) is 0 Å². The molecule has 1 heterocycles. The highest BCUT2D eigenvalue weighted by molar-refractivity contribution is 7.80. The lowest BCUT2D eigenvalue weighted by Crippen LogP contribution is -2.42. The van der Waals surface area contributed by atoms with E-state index in [2.05, 4.69) is 10.6 Å². The number of benzene rings is 1. The van der Waals surface area contributed by atoms with E-state index < -0.39 is 5.82 Å². The summed E-state index contributed by atoms with van der Waals surface area (Å²) in [5, 5.41) is 6.69. The van der Waals surface area contributed by atoms with Crippen molar-refractivity contribution >= 4 is 34.6 Å². The van der Waals surface area contributed by atoms with Crippen molar-refractivity contribution in [1.29, 1.82) is 0 Å². The van der Waals surface area contributed by atoms with Gasteiger partial charge in [-0.1, -0.05) is 11.6 Å². The van der Waals surface area contributed by atoms with Crippen molar-refractivity contribution in [3.8, 4) is 0 Å². The van der Waals surface area contributed by atoms with Gasteiger partial charge >= 0.3 is 0 Å². The first-order valence-electron chi connectivity index (χ1n) is 6.20. The van der Waals surface area contributed by atoms with E-state index in [1.807, 2.05) is 6.92 Å². The molecule has 1 aliphatic heterocycles. The minimum Gasteiger partial charge on any atom is -0.376 e. The van der Waals surface area contributed by atoms with Crippen LogP contribution in [0.15, 0.2) is 18.2 Å². The molecule has 1 saturated heterocycles. The smallest absolute Gasteiger partial charge is 0.171 e. The molecular formula is C13H16ClFN2OS. The number of thiocarbonyl (C=S) groups is 1. The molecule has 19 heavy (non-hydrogen) atoms. The molecule has 2 atom stereocenters. The first-order chi connectivity index (χ1) is 9.06. The average Bonchev–Trinajstić information content (AvgIpc) is 2.87. The van der Waals surface area contributed by atoms with Gasteiger partial charge in [0.1, 0.15) is 5.82 Å². The molecule has 0 saturated carbocycles. The number of ether oxygens (including phenoxy) is 1. The first-order valence-corrected chi connectivity index (χ1v) is 6.99. The molecule has 0 radical (unpaired) electrons. The summed E-state index contributed by atoms with van der Waals surface area (Å²) < 4.78 is 18.6. The Labute approximate surface area is 122 Å². The third-order valence-corrected chi connectivity index (χ3v) is 3.57. The lowest BCUT2D eigenvalue weighted by Gasteiger charge is -2.22. The zero-order valence-corrected chi connectivity index (χ0v) is 12.2. The van der Waals surface area contributed by atoms with Crippen LogP contribution < -0.4 is 10.6 Å². The van der Waals surface area contributed by atoms with Gasteiger partial charge in [0.25, 0.3) is 0 Å². The molecule has 6 heteroatoms. The third-order valence-electron chi connectivity index (χ3n) is 3.06. The maximum absolute atomic E-state index is 13.0. The van der Waals surface area contributed by atoms with E-state index in [0.717, 1.165) is 19.4 Å². The lowest BCUT2D eigenvalue weighted by atomic mass is 10.1. The highest BCUT2D eigenvalue weighted by atomic mass is 35.5. The van der Waals surface area contributed by atoms with E-state index in [0.29, 0.717) is 10.8 Å². The number of halogens is 2. The van der Waals surface area contributed by atoms with Crippen LogP contribution in [0.4, 0.5) is 10.1 Å². The summed E-state index contributed by atoms with van der Waals surface area (Å²) in [6, 6.07) is 4.53. The number of anilines is 1. The molecule has 0 aliphatic carbocycles. The topological polar surface area (TPSA) is 33.3 Å². The molecule has 0 bridgehead atoms. The van der Waals surface area contributed by atoms with Gasteiger partial charge < -0.3 is 15.4 Å². The van der Waals surface area contributed by atoms with Crippen molar-refractivity contribution in [2.45, 2.75) is 31.9 Å². The summed E-state index contributed by atoms with van der Waals surface area (Å²) in [6.07, 6.45) is 2.32. The molecule has 1 aromatic rings. The summed E-state index contributed by atoms with van der Waals surface area (Å²) in [7, 11) is 0. The van der Waals surface area contributed by atoms with Crippen molar-refractivity contribution in [2.24, 2.45) is 0 Å². The first kappa shape index (κ1) is 14.5. The molecule has 0 aromatic heterocycles. The zero-order chi connectivity index (χ0) is 13.8. The second-order valence-corrected chi connectivity index (χ2v) is 5.38. The Kier molecular flexibility index (Phi) is 4.96. The van der Waals surface area contributed by atoms with Crippen LogP contribution in [0.25, 0.3) is 0 Å². The standard InChI is InChI=1S/C13H16ClFN2OS/c1-8(12-3-2-6-18-12)16-13(19)17-9-4-5-11(15)10(14)7-9/h4-5,7-8,12H,2-3,6H2,1H3,(H2,16,17,19)/t8-,12+/m0/s1. The van der Waals surface area contributed by atoms with Crippen molar-refractivity contribution in [2.75, 3.05) is 11.9 Å². The van der Waals surface area contributed by atoms with E-state index in [9.17, 15) is 4.39 Å². The fourth-order valence-corrected chi connectivity index (χ4v) is 2.52. The molecule has 1 fully saturated rings. The second-order valence-electron chi connectivity index (χ2n) is 4.57. The summed E-state index contributed by atoms with van der Waals surface area (Å²) >= 11 is 10.9. The quantitative estimate of drug-likeness (QED) is 0.839. The lowest BCUT2D eigenvalue weighted by molar-refractivity contribution is 0.0895. The Morgan fingerprint density at radius 1 is 1.58 bits per heavy atom.